The summed E-state index contributed by atoms with van der Waals surface area (Å²) in [6.07, 6.45) is 7.16. The van der Waals surface area contributed by atoms with Crippen LogP contribution in [0.15, 0.2) is 72.1 Å². The van der Waals surface area contributed by atoms with Gasteiger partial charge in [-0.05, 0) is 42.0 Å². The minimum absolute atomic E-state index is 0.0235. The molecular weight excluding hydrogens is 509 g/mol. The van der Waals surface area contributed by atoms with Crippen molar-refractivity contribution in [1.82, 2.24) is 20.1 Å². The fraction of sp³-hybridized carbons (Fsp3) is 0.214. The van der Waals surface area contributed by atoms with Gasteiger partial charge in [0.1, 0.15) is 35.1 Å². The van der Waals surface area contributed by atoms with E-state index in [2.05, 4.69) is 20.4 Å². The van der Waals surface area contributed by atoms with Gasteiger partial charge < -0.3 is 15.2 Å². The number of aryl methyl sites for hydroxylation is 1. The number of nitrogens with one attached hydrogen (secondary N) is 2. The number of hydrogen-bond donors (Lipinski definition) is 3. The Morgan fingerprint density at radius 3 is 2.62 bits per heavy atom. The van der Waals surface area contributed by atoms with Gasteiger partial charge in [0, 0.05) is 66.9 Å². The quantitative estimate of drug-likeness (QED) is 0.140. The molecule has 0 aliphatic rings. The van der Waals surface area contributed by atoms with E-state index in [0.29, 0.717) is 11.8 Å². The van der Waals surface area contributed by atoms with Crippen LogP contribution in [0.5, 0.6) is 0 Å². The SMILES string of the molecule is Cn1cc(-c2ccncc2COCC[C@@](O)(CN/C=N\C=N)c2ccc(F)cc2F)c(-c2ccc(F)cc2)n1. The molecule has 0 saturated heterocycles. The summed E-state index contributed by atoms with van der Waals surface area (Å²) in [5.41, 5.74) is 1.96. The molecule has 2 aromatic heterocycles. The largest absolute Gasteiger partial charge is 0.383 e. The summed E-state index contributed by atoms with van der Waals surface area (Å²) in [4.78, 5) is 7.80. The van der Waals surface area contributed by atoms with Crippen molar-refractivity contribution in [2.24, 2.45) is 12.0 Å². The lowest BCUT2D eigenvalue weighted by Crippen LogP contribution is -2.39. The van der Waals surface area contributed by atoms with E-state index in [1.165, 1.54) is 24.5 Å². The van der Waals surface area contributed by atoms with Gasteiger partial charge in [0.2, 0.25) is 0 Å². The van der Waals surface area contributed by atoms with Crippen LogP contribution in [-0.4, -0.2) is 45.7 Å². The third-order valence-corrected chi connectivity index (χ3v) is 6.13. The van der Waals surface area contributed by atoms with Crippen molar-refractivity contribution in [3.8, 4) is 22.4 Å². The van der Waals surface area contributed by atoms with Crippen molar-refractivity contribution in [3.05, 3.63) is 95.7 Å². The van der Waals surface area contributed by atoms with Crippen molar-refractivity contribution in [3.63, 3.8) is 0 Å². The van der Waals surface area contributed by atoms with Gasteiger partial charge in [0.25, 0.3) is 0 Å². The van der Waals surface area contributed by atoms with Gasteiger partial charge in [-0.25, -0.2) is 18.2 Å². The number of aromatic nitrogens is 3. The second-order valence-electron chi connectivity index (χ2n) is 8.85. The highest BCUT2D eigenvalue weighted by molar-refractivity contribution is 5.81. The van der Waals surface area contributed by atoms with Gasteiger partial charge in [-0.3, -0.25) is 15.1 Å². The Kier molecular flexibility index (Phi) is 8.84. The predicted molar refractivity (Wildman–Crippen MR) is 142 cm³/mol. The summed E-state index contributed by atoms with van der Waals surface area (Å²) in [5, 5.41) is 25.5. The van der Waals surface area contributed by atoms with Crippen LogP contribution in [0.2, 0.25) is 0 Å². The molecule has 4 rings (SSSR count). The van der Waals surface area contributed by atoms with Crippen molar-refractivity contribution in [2.75, 3.05) is 13.2 Å². The van der Waals surface area contributed by atoms with Gasteiger partial charge in [-0.2, -0.15) is 5.10 Å². The number of halogens is 3. The maximum Gasteiger partial charge on any atom is 0.132 e. The van der Waals surface area contributed by atoms with Crippen LogP contribution in [0.4, 0.5) is 13.2 Å². The zero-order chi connectivity index (χ0) is 27.8. The number of rotatable bonds is 12. The van der Waals surface area contributed by atoms with E-state index in [9.17, 15) is 18.3 Å². The molecule has 2 aromatic carbocycles. The molecule has 11 heteroatoms. The van der Waals surface area contributed by atoms with Crippen LogP contribution < -0.4 is 5.32 Å². The highest BCUT2D eigenvalue weighted by atomic mass is 19.1. The topological polar surface area (TPSA) is 108 Å². The molecule has 0 unspecified atom stereocenters. The van der Waals surface area contributed by atoms with Crippen molar-refractivity contribution < 1.29 is 23.0 Å². The Labute approximate surface area is 223 Å². The first-order valence-corrected chi connectivity index (χ1v) is 12.0. The third kappa shape index (κ3) is 6.75. The molecule has 0 aliphatic heterocycles. The molecule has 2 heterocycles. The first-order chi connectivity index (χ1) is 18.8. The van der Waals surface area contributed by atoms with Crippen LogP contribution in [0.1, 0.15) is 17.5 Å². The fourth-order valence-electron chi connectivity index (χ4n) is 4.22. The van der Waals surface area contributed by atoms with Crippen LogP contribution in [0.25, 0.3) is 22.4 Å². The molecule has 0 bridgehead atoms. The van der Waals surface area contributed by atoms with E-state index in [1.807, 2.05) is 12.3 Å². The summed E-state index contributed by atoms with van der Waals surface area (Å²) in [6, 6.07) is 10.9. The van der Waals surface area contributed by atoms with E-state index >= 15 is 0 Å². The zero-order valence-corrected chi connectivity index (χ0v) is 21.1. The first-order valence-electron chi connectivity index (χ1n) is 12.0. The molecule has 4 aromatic rings. The molecule has 202 valence electrons. The van der Waals surface area contributed by atoms with Gasteiger partial charge >= 0.3 is 0 Å². The second-order valence-corrected chi connectivity index (χ2v) is 8.85. The van der Waals surface area contributed by atoms with E-state index in [4.69, 9.17) is 10.1 Å². The standard InChI is InChI=1S/C28H27F3N6O2/c1-37-14-24(27(36-37)19-2-4-21(29)5-3-19)23-8-10-33-13-20(23)15-39-11-9-28(38,16-34-18-35-17-32)25-7-6-22(30)12-26(25)31/h2-8,10,12-14,17-18,38H,9,11,15-16H2,1H3,(H2,32,34,35)/t28-/m1/s1. The second kappa shape index (κ2) is 12.5. The first kappa shape index (κ1) is 27.7. The normalized spacial score (nSPS) is 12.9. The highest BCUT2D eigenvalue weighted by Gasteiger charge is 2.32. The van der Waals surface area contributed by atoms with Crippen LogP contribution >= 0.6 is 0 Å². The highest BCUT2D eigenvalue weighted by Crippen LogP contribution is 2.33. The molecule has 0 fully saturated rings. The summed E-state index contributed by atoms with van der Waals surface area (Å²) in [5.74, 6) is -1.98. The third-order valence-electron chi connectivity index (χ3n) is 6.13. The maximum atomic E-state index is 14.6. The molecule has 0 amide bonds. The molecule has 3 N–H and O–H groups in total. The zero-order valence-electron chi connectivity index (χ0n) is 21.1. The molecular formula is C28H27F3N6O2. The monoisotopic (exact) mass is 536 g/mol. The lowest BCUT2D eigenvalue weighted by molar-refractivity contribution is -0.00610. The number of nitrogens with zero attached hydrogens (tertiary/aromatic N) is 4. The van der Waals surface area contributed by atoms with E-state index < -0.39 is 17.2 Å². The van der Waals surface area contributed by atoms with Crippen molar-refractivity contribution in [1.29, 1.82) is 5.41 Å². The Bertz CT molecular complexity index is 1460. The minimum atomic E-state index is -1.75. The molecule has 1 atom stereocenters. The predicted octanol–water partition coefficient (Wildman–Crippen LogP) is 4.59. The number of aliphatic imine (C=N–C) groups is 1. The maximum absolute atomic E-state index is 14.6. The minimum Gasteiger partial charge on any atom is -0.383 e. The number of benzene rings is 2. The van der Waals surface area contributed by atoms with Gasteiger partial charge in [-0.1, -0.05) is 6.07 Å². The lowest BCUT2D eigenvalue weighted by Gasteiger charge is -2.29. The smallest absolute Gasteiger partial charge is 0.132 e. The van der Waals surface area contributed by atoms with Crippen LogP contribution in [-0.2, 0) is 24.0 Å². The molecule has 0 spiro atoms. The van der Waals surface area contributed by atoms with Crippen LogP contribution in [0, 0.1) is 22.9 Å². The van der Waals surface area contributed by atoms with E-state index in [0.717, 1.165) is 34.7 Å². The van der Waals surface area contributed by atoms with Gasteiger partial charge in [-0.15, -0.1) is 0 Å². The van der Waals surface area contributed by atoms with Crippen molar-refractivity contribution in [2.45, 2.75) is 18.6 Å². The summed E-state index contributed by atoms with van der Waals surface area (Å²) in [6.45, 7) is 0.0135. The Morgan fingerprint density at radius 1 is 1.10 bits per heavy atom. The summed E-state index contributed by atoms with van der Waals surface area (Å²) in [7, 11) is 1.80. The Hall–Kier alpha value is -4.35. The average molecular weight is 537 g/mol. The number of hydrogen-bond acceptors (Lipinski definition) is 5. The Morgan fingerprint density at radius 2 is 1.87 bits per heavy atom. The molecule has 0 saturated carbocycles. The van der Waals surface area contributed by atoms with E-state index in [1.54, 1.807) is 36.3 Å². The number of pyridine rings is 1. The number of aliphatic hydroxyl groups is 1. The average Bonchev–Trinajstić information content (AvgIpc) is 3.31. The number of ether oxygens (including phenoxy) is 1. The lowest BCUT2D eigenvalue weighted by atomic mass is 9.90. The molecule has 8 nitrogen and oxygen atoms in total. The molecule has 39 heavy (non-hydrogen) atoms. The van der Waals surface area contributed by atoms with Gasteiger partial charge in [0.15, 0.2) is 0 Å². The summed E-state index contributed by atoms with van der Waals surface area (Å²) < 4.78 is 49.1. The fourth-order valence-corrected chi connectivity index (χ4v) is 4.22. The molecule has 0 radical (unpaired) electrons. The summed E-state index contributed by atoms with van der Waals surface area (Å²) >= 11 is 0. The van der Waals surface area contributed by atoms with Gasteiger partial charge in [0.05, 0.1) is 19.6 Å². The molecule has 0 aliphatic carbocycles. The van der Waals surface area contributed by atoms with E-state index in [-0.39, 0.29) is 37.6 Å². The van der Waals surface area contributed by atoms with Crippen molar-refractivity contribution >= 4 is 12.7 Å². The van der Waals surface area contributed by atoms with Crippen LogP contribution in [0.3, 0.4) is 0 Å². The Balaban J connectivity index is 1.51.